The van der Waals surface area contributed by atoms with Crippen LogP contribution in [-0.2, 0) is 19.1 Å². The van der Waals surface area contributed by atoms with Crippen molar-refractivity contribution in [1.29, 1.82) is 0 Å². The topological polar surface area (TPSA) is 163 Å². The summed E-state index contributed by atoms with van der Waals surface area (Å²) >= 11 is 0. The second-order valence-electron chi connectivity index (χ2n) is 11.0. The van der Waals surface area contributed by atoms with Crippen LogP contribution in [0.25, 0.3) is 0 Å². The quantitative estimate of drug-likeness (QED) is 0.0789. The fourth-order valence-corrected chi connectivity index (χ4v) is 4.32. The van der Waals surface area contributed by atoms with Gasteiger partial charge in [-0.05, 0) is 51.6 Å². The largest absolute Gasteiger partial charge is 0.464 e. The Kier molecular flexibility index (Phi) is 25.2. The van der Waals surface area contributed by atoms with Crippen LogP contribution in [0.15, 0.2) is 0 Å². The number of aliphatic hydroxyl groups excluding tert-OH is 5. The molecule has 42 heavy (non-hydrogen) atoms. The molecule has 0 aromatic rings. The molecule has 0 aliphatic carbocycles. The lowest BCUT2D eigenvalue weighted by Crippen LogP contribution is -2.38. The summed E-state index contributed by atoms with van der Waals surface area (Å²) in [5.41, 5.74) is 0. The molecule has 0 spiro atoms. The smallest absolute Gasteiger partial charge is 0.305 e. The van der Waals surface area contributed by atoms with Gasteiger partial charge in [-0.3, -0.25) is 24.3 Å². The third kappa shape index (κ3) is 22.2. The maximum absolute atomic E-state index is 12.2. The molecule has 5 N–H and O–H groups in total. The standard InChI is InChI=1S/C30H61N3O9/c1-5-25(35)21-32(22-26(36)6-2)13-9-11-29(39)41-19-16-31(15-18-34)17-20-42-30(40)12-10-14-33(23-27(37)7-3)24-28(38)8-4/h25-28,34-38H,5-24H2,1-4H3. The fraction of sp³-hybridized carbons (Fsp3) is 0.933. The van der Waals surface area contributed by atoms with Crippen molar-refractivity contribution in [1.82, 2.24) is 14.7 Å². The highest BCUT2D eigenvalue weighted by atomic mass is 16.5. The van der Waals surface area contributed by atoms with E-state index in [-0.39, 0.29) is 44.6 Å². The number of carbonyl (C=O) groups is 2. The number of nitrogens with zero attached hydrogens (tertiary/aromatic N) is 3. The third-order valence-electron chi connectivity index (χ3n) is 7.23. The van der Waals surface area contributed by atoms with Gasteiger partial charge in [0.05, 0.1) is 31.0 Å². The summed E-state index contributed by atoms with van der Waals surface area (Å²) in [5.74, 6) is -0.659. The van der Waals surface area contributed by atoms with Gasteiger partial charge in [0.1, 0.15) is 13.2 Å². The SMILES string of the molecule is CCC(O)CN(CCCC(=O)OCCN(CCO)CCOC(=O)CCCN(CC(O)CC)CC(O)CC)CC(O)CC. The molecule has 12 heteroatoms. The van der Waals surface area contributed by atoms with E-state index in [0.717, 1.165) is 0 Å². The van der Waals surface area contributed by atoms with Gasteiger partial charge in [0.2, 0.25) is 0 Å². The number of ether oxygens (including phenoxy) is 2. The highest BCUT2D eigenvalue weighted by Crippen LogP contribution is 2.06. The van der Waals surface area contributed by atoms with Crippen molar-refractivity contribution in [2.24, 2.45) is 0 Å². The molecule has 12 nitrogen and oxygen atoms in total. The van der Waals surface area contributed by atoms with Gasteiger partial charge >= 0.3 is 11.9 Å². The van der Waals surface area contributed by atoms with Crippen LogP contribution < -0.4 is 0 Å². The molecule has 0 fully saturated rings. The zero-order chi connectivity index (χ0) is 31.8. The predicted molar refractivity (Wildman–Crippen MR) is 162 cm³/mol. The van der Waals surface area contributed by atoms with Crippen molar-refractivity contribution in [2.75, 3.05) is 78.7 Å². The number of hydrogen-bond donors (Lipinski definition) is 5. The Morgan fingerprint density at radius 3 is 1.17 bits per heavy atom. The second kappa shape index (κ2) is 26.1. The van der Waals surface area contributed by atoms with E-state index in [4.69, 9.17) is 9.47 Å². The van der Waals surface area contributed by atoms with Gasteiger partial charge in [0.15, 0.2) is 0 Å². The predicted octanol–water partition coefficient (Wildman–Crippen LogP) is 0.615. The summed E-state index contributed by atoms with van der Waals surface area (Å²) < 4.78 is 10.7. The molecule has 0 amide bonds. The van der Waals surface area contributed by atoms with Gasteiger partial charge in [-0.1, -0.05) is 27.7 Å². The molecule has 0 saturated carbocycles. The lowest BCUT2D eigenvalue weighted by Gasteiger charge is -2.26. The maximum Gasteiger partial charge on any atom is 0.305 e. The van der Waals surface area contributed by atoms with Crippen LogP contribution in [0.4, 0.5) is 0 Å². The highest BCUT2D eigenvalue weighted by Gasteiger charge is 2.17. The molecule has 0 bridgehead atoms. The summed E-state index contributed by atoms with van der Waals surface area (Å²) in [6, 6.07) is 0. The normalized spacial score (nSPS) is 14.8. The zero-order valence-electron chi connectivity index (χ0n) is 26.7. The molecule has 4 unspecified atom stereocenters. The first-order chi connectivity index (χ1) is 20.1. The second-order valence-corrected chi connectivity index (χ2v) is 11.0. The number of hydrogen-bond acceptors (Lipinski definition) is 12. The Morgan fingerprint density at radius 2 is 0.881 bits per heavy atom. The third-order valence-corrected chi connectivity index (χ3v) is 7.23. The summed E-state index contributed by atoms with van der Waals surface area (Å²) in [5, 5.41) is 49.3. The Hall–Kier alpha value is -1.38. The molecule has 0 aromatic heterocycles. The van der Waals surface area contributed by atoms with E-state index in [0.29, 0.717) is 97.4 Å². The lowest BCUT2D eigenvalue weighted by molar-refractivity contribution is -0.144. The number of rotatable bonds is 28. The van der Waals surface area contributed by atoms with E-state index in [9.17, 15) is 35.1 Å². The van der Waals surface area contributed by atoms with Crippen molar-refractivity contribution in [3.05, 3.63) is 0 Å². The van der Waals surface area contributed by atoms with Crippen LogP contribution in [0.5, 0.6) is 0 Å². The first-order valence-electron chi connectivity index (χ1n) is 15.9. The summed E-state index contributed by atoms with van der Waals surface area (Å²) in [4.78, 5) is 30.2. The van der Waals surface area contributed by atoms with E-state index in [1.54, 1.807) is 0 Å². The van der Waals surface area contributed by atoms with Crippen molar-refractivity contribution in [2.45, 2.75) is 103 Å². The highest BCUT2D eigenvalue weighted by molar-refractivity contribution is 5.69. The van der Waals surface area contributed by atoms with E-state index >= 15 is 0 Å². The average Bonchev–Trinajstić information content (AvgIpc) is 2.96. The van der Waals surface area contributed by atoms with Crippen LogP contribution in [0, 0.1) is 0 Å². The summed E-state index contributed by atoms with van der Waals surface area (Å²) in [7, 11) is 0. The molecule has 0 aliphatic heterocycles. The van der Waals surface area contributed by atoms with Gasteiger partial charge in [0.25, 0.3) is 0 Å². The molecule has 4 atom stereocenters. The molecular weight excluding hydrogens is 546 g/mol. The van der Waals surface area contributed by atoms with Crippen molar-refractivity contribution < 1.29 is 44.6 Å². The Balaban J connectivity index is 4.34. The van der Waals surface area contributed by atoms with E-state index in [1.165, 1.54) is 0 Å². The van der Waals surface area contributed by atoms with Gasteiger partial charge in [0, 0.05) is 58.7 Å². The molecule has 0 heterocycles. The number of esters is 2. The number of aliphatic hydroxyl groups is 5. The van der Waals surface area contributed by atoms with E-state index in [2.05, 4.69) is 0 Å². The fourth-order valence-electron chi connectivity index (χ4n) is 4.32. The molecule has 250 valence electrons. The average molecular weight is 608 g/mol. The minimum absolute atomic E-state index is 0.0754. The minimum Gasteiger partial charge on any atom is -0.464 e. The van der Waals surface area contributed by atoms with Gasteiger partial charge in [-0.15, -0.1) is 0 Å². The first-order valence-corrected chi connectivity index (χ1v) is 15.9. The van der Waals surface area contributed by atoms with Crippen LogP contribution in [0.3, 0.4) is 0 Å². The zero-order valence-corrected chi connectivity index (χ0v) is 26.7. The van der Waals surface area contributed by atoms with Crippen molar-refractivity contribution >= 4 is 11.9 Å². The van der Waals surface area contributed by atoms with Crippen molar-refractivity contribution in [3.63, 3.8) is 0 Å². The van der Waals surface area contributed by atoms with Crippen LogP contribution in [0.2, 0.25) is 0 Å². The molecular formula is C30H61N3O9. The van der Waals surface area contributed by atoms with Crippen LogP contribution in [0.1, 0.15) is 79.1 Å². The summed E-state index contributed by atoms with van der Waals surface area (Å²) in [6.07, 6.45) is 2.17. The monoisotopic (exact) mass is 607 g/mol. The molecule has 0 aliphatic rings. The molecule has 0 radical (unpaired) electrons. The molecule has 0 aromatic carbocycles. The Morgan fingerprint density at radius 1 is 0.548 bits per heavy atom. The van der Waals surface area contributed by atoms with E-state index < -0.39 is 24.4 Å². The van der Waals surface area contributed by atoms with Gasteiger partial charge in [-0.25, -0.2) is 0 Å². The molecule has 0 saturated heterocycles. The number of carbonyl (C=O) groups excluding carboxylic acids is 2. The van der Waals surface area contributed by atoms with Crippen molar-refractivity contribution in [3.8, 4) is 0 Å². The Bertz CT molecular complexity index is 598. The maximum atomic E-state index is 12.2. The first kappa shape index (κ1) is 40.6. The lowest BCUT2D eigenvalue weighted by atomic mass is 10.2. The van der Waals surface area contributed by atoms with Crippen LogP contribution >= 0.6 is 0 Å². The molecule has 0 rings (SSSR count). The van der Waals surface area contributed by atoms with Gasteiger partial charge in [-0.2, -0.15) is 0 Å². The Labute approximate surface area is 253 Å². The summed E-state index contributed by atoms with van der Waals surface area (Å²) in [6.45, 7) is 12.0. The van der Waals surface area contributed by atoms with Gasteiger partial charge < -0.3 is 35.0 Å². The van der Waals surface area contributed by atoms with Crippen LogP contribution in [-0.4, -0.2) is 155 Å². The minimum atomic E-state index is -0.473. The van der Waals surface area contributed by atoms with E-state index in [1.807, 2.05) is 42.4 Å².